The van der Waals surface area contributed by atoms with E-state index in [4.69, 9.17) is 4.98 Å². The molecule has 164 valence electrons. The molecule has 4 amide bonds. The van der Waals surface area contributed by atoms with Gasteiger partial charge in [-0.05, 0) is 43.7 Å². The first-order chi connectivity index (χ1) is 15.0. The van der Waals surface area contributed by atoms with Crippen LogP contribution in [0.3, 0.4) is 0 Å². The number of urea groups is 1. The van der Waals surface area contributed by atoms with Gasteiger partial charge in [0.25, 0.3) is 5.91 Å². The number of rotatable bonds is 3. The van der Waals surface area contributed by atoms with Crippen LogP contribution in [0.5, 0.6) is 0 Å². The molecular formula is C23H28N4O3S. The molecule has 2 aliphatic heterocycles. The lowest BCUT2D eigenvalue weighted by atomic mass is 9.73. The van der Waals surface area contributed by atoms with Crippen molar-refractivity contribution in [3.05, 3.63) is 29.3 Å². The molecule has 0 bridgehead atoms. The van der Waals surface area contributed by atoms with E-state index in [2.05, 4.69) is 11.4 Å². The van der Waals surface area contributed by atoms with Crippen molar-refractivity contribution >= 4 is 39.4 Å². The van der Waals surface area contributed by atoms with Crippen LogP contribution in [-0.2, 0) is 9.59 Å². The Morgan fingerprint density at radius 3 is 2.71 bits per heavy atom. The van der Waals surface area contributed by atoms with Crippen LogP contribution in [-0.4, -0.2) is 57.8 Å². The van der Waals surface area contributed by atoms with Crippen LogP contribution >= 0.6 is 11.3 Å². The summed E-state index contributed by atoms with van der Waals surface area (Å²) in [4.78, 5) is 46.3. The maximum atomic E-state index is 13.1. The topological polar surface area (TPSA) is 82.6 Å². The van der Waals surface area contributed by atoms with Crippen molar-refractivity contribution in [2.45, 2.75) is 56.9 Å². The van der Waals surface area contributed by atoms with Crippen LogP contribution in [0.25, 0.3) is 10.2 Å². The van der Waals surface area contributed by atoms with Crippen LogP contribution in [0, 0.1) is 5.92 Å². The zero-order valence-electron chi connectivity index (χ0n) is 17.8. The summed E-state index contributed by atoms with van der Waals surface area (Å²) in [5.41, 5.74) is 0.223. The number of amides is 4. The fourth-order valence-corrected chi connectivity index (χ4v) is 6.45. The van der Waals surface area contributed by atoms with Crippen molar-refractivity contribution in [2.24, 2.45) is 5.92 Å². The van der Waals surface area contributed by atoms with Crippen molar-refractivity contribution in [3.63, 3.8) is 0 Å². The minimum absolute atomic E-state index is 0.0994. The van der Waals surface area contributed by atoms with Gasteiger partial charge < -0.3 is 10.2 Å². The van der Waals surface area contributed by atoms with E-state index in [9.17, 15) is 14.4 Å². The number of fused-ring (bicyclic) bond motifs is 1. The molecule has 1 aromatic heterocycles. The van der Waals surface area contributed by atoms with Gasteiger partial charge in [-0.15, -0.1) is 11.3 Å². The van der Waals surface area contributed by atoms with Crippen LogP contribution < -0.4 is 5.32 Å². The molecule has 2 saturated heterocycles. The minimum atomic E-state index is -0.810. The third kappa shape index (κ3) is 3.50. The number of likely N-dealkylation sites (tertiary alicyclic amines) is 1. The van der Waals surface area contributed by atoms with Gasteiger partial charge in [0.15, 0.2) is 0 Å². The summed E-state index contributed by atoms with van der Waals surface area (Å²) in [6, 6.07) is 7.73. The first kappa shape index (κ1) is 20.4. The summed E-state index contributed by atoms with van der Waals surface area (Å²) in [6.45, 7) is 3.12. The number of nitrogens with one attached hydrogen (secondary N) is 1. The van der Waals surface area contributed by atoms with Crippen molar-refractivity contribution in [3.8, 4) is 0 Å². The molecule has 5 rings (SSSR count). The summed E-state index contributed by atoms with van der Waals surface area (Å²) in [5.74, 6) is 0.0843. The molecule has 2 atom stereocenters. The van der Waals surface area contributed by atoms with Crippen LogP contribution in [0.1, 0.15) is 56.4 Å². The predicted molar refractivity (Wildman–Crippen MR) is 119 cm³/mol. The molecule has 3 fully saturated rings. The van der Waals surface area contributed by atoms with Crippen LogP contribution in [0.2, 0.25) is 0 Å². The summed E-state index contributed by atoms with van der Waals surface area (Å²) in [5, 5.41) is 4.06. The number of hydrogen-bond acceptors (Lipinski definition) is 5. The molecule has 1 N–H and O–H groups in total. The van der Waals surface area contributed by atoms with Gasteiger partial charge in [-0.1, -0.05) is 31.9 Å². The minimum Gasteiger partial charge on any atom is -0.341 e. The third-order valence-electron chi connectivity index (χ3n) is 7.30. The molecule has 7 nitrogen and oxygen atoms in total. The highest BCUT2D eigenvalue weighted by atomic mass is 32.1. The average molecular weight is 441 g/mol. The molecule has 8 heteroatoms. The standard InChI is InChI=1S/C23H28N4O3S/c1-15-6-4-5-11-23(15)21(29)27(22(30)25-23)14-19(28)26-12-9-16(10-13-26)20-24-17-7-2-3-8-18(17)31-20/h2-3,7-8,15-16H,4-6,9-14H2,1H3,(H,25,30). The number of para-hydroxylation sites is 1. The molecule has 1 aromatic carbocycles. The maximum Gasteiger partial charge on any atom is 0.325 e. The van der Waals surface area contributed by atoms with Gasteiger partial charge in [0, 0.05) is 19.0 Å². The number of piperidine rings is 1. The number of imide groups is 1. The van der Waals surface area contributed by atoms with E-state index in [1.165, 1.54) is 4.70 Å². The fourth-order valence-electron chi connectivity index (χ4n) is 5.31. The highest BCUT2D eigenvalue weighted by Gasteiger charge is 2.55. The Morgan fingerprint density at radius 1 is 1.19 bits per heavy atom. The number of carbonyl (C=O) groups is 3. The maximum absolute atomic E-state index is 13.1. The first-order valence-electron chi connectivity index (χ1n) is 11.3. The largest absolute Gasteiger partial charge is 0.341 e. The number of nitrogens with zero attached hydrogens (tertiary/aromatic N) is 3. The second-order valence-electron chi connectivity index (χ2n) is 9.11. The quantitative estimate of drug-likeness (QED) is 0.741. The molecule has 1 spiro atoms. The molecule has 3 aliphatic rings. The number of benzene rings is 1. The summed E-state index contributed by atoms with van der Waals surface area (Å²) < 4.78 is 1.19. The van der Waals surface area contributed by atoms with Crippen molar-refractivity contribution in [2.75, 3.05) is 19.6 Å². The second-order valence-corrected chi connectivity index (χ2v) is 10.2. The zero-order chi connectivity index (χ0) is 21.6. The van der Waals surface area contributed by atoms with Crippen LogP contribution in [0.4, 0.5) is 4.79 Å². The van der Waals surface area contributed by atoms with Gasteiger partial charge in [-0.3, -0.25) is 14.5 Å². The third-order valence-corrected chi connectivity index (χ3v) is 8.50. The lowest BCUT2D eigenvalue weighted by Crippen LogP contribution is -2.54. The Labute approximate surface area is 185 Å². The fraction of sp³-hybridized carbons (Fsp3) is 0.565. The predicted octanol–water partition coefficient (Wildman–Crippen LogP) is 3.50. The smallest absolute Gasteiger partial charge is 0.325 e. The van der Waals surface area contributed by atoms with E-state index in [1.54, 1.807) is 16.2 Å². The normalized spacial score (nSPS) is 27.3. The van der Waals surface area contributed by atoms with Gasteiger partial charge in [0.2, 0.25) is 5.91 Å². The number of hydrogen-bond donors (Lipinski definition) is 1. The monoisotopic (exact) mass is 440 g/mol. The molecule has 31 heavy (non-hydrogen) atoms. The van der Waals surface area contributed by atoms with E-state index >= 15 is 0 Å². The molecule has 3 heterocycles. The van der Waals surface area contributed by atoms with Gasteiger partial charge in [0.05, 0.1) is 15.2 Å². The Hall–Kier alpha value is -2.48. The number of carbonyl (C=O) groups excluding carboxylic acids is 3. The highest BCUT2D eigenvalue weighted by Crippen LogP contribution is 2.38. The second kappa shape index (κ2) is 7.89. The molecule has 0 radical (unpaired) electrons. The van der Waals surface area contributed by atoms with Crippen LogP contribution in [0.15, 0.2) is 24.3 Å². The van der Waals surface area contributed by atoms with Gasteiger partial charge in [-0.2, -0.15) is 0 Å². The summed E-state index contributed by atoms with van der Waals surface area (Å²) in [7, 11) is 0. The Morgan fingerprint density at radius 2 is 1.97 bits per heavy atom. The van der Waals surface area contributed by atoms with E-state index in [0.29, 0.717) is 25.4 Å². The van der Waals surface area contributed by atoms with Crippen molar-refractivity contribution in [1.82, 2.24) is 20.1 Å². The lowest BCUT2D eigenvalue weighted by molar-refractivity contribution is -0.141. The number of aromatic nitrogens is 1. The Balaban J connectivity index is 1.21. The summed E-state index contributed by atoms with van der Waals surface area (Å²) in [6.07, 6.45) is 5.30. The Kier molecular flexibility index (Phi) is 5.20. The first-order valence-corrected chi connectivity index (χ1v) is 12.1. The molecule has 2 aromatic rings. The molecular weight excluding hydrogens is 412 g/mol. The van der Waals surface area contributed by atoms with E-state index < -0.39 is 11.6 Å². The molecule has 1 saturated carbocycles. The van der Waals surface area contributed by atoms with E-state index in [-0.39, 0.29) is 24.3 Å². The van der Waals surface area contributed by atoms with Crippen molar-refractivity contribution in [1.29, 1.82) is 0 Å². The van der Waals surface area contributed by atoms with E-state index in [1.807, 2.05) is 25.1 Å². The van der Waals surface area contributed by atoms with Gasteiger partial charge >= 0.3 is 6.03 Å². The van der Waals surface area contributed by atoms with Gasteiger partial charge in [0.1, 0.15) is 12.1 Å². The molecule has 1 aliphatic carbocycles. The van der Waals surface area contributed by atoms with Crippen molar-refractivity contribution < 1.29 is 14.4 Å². The average Bonchev–Trinajstić information content (AvgIpc) is 3.31. The SMILES string of the molecule is CC1CCCCC12NC(=O)N(CC(=O)N1CCC(c3nc4ccccc4s3)CC1)C2=O. The highest BCUT2D eigenvalue weighted by molar-refractivity contribution is 7.18. The lowest BCUT2D eigenvalue weighted by Gasteiger charge is -2.37. The van der Waals surface area contributed by atoms with Gasteiger partial charge in [-0.25, -0.2) is 9.78 Å². The summed E-state index contributed by atoms with van der Waals surface area (Å²) >= 11 is 1.73. The Bertz CT molecular complexity index is 996. The number of thiazole rings is 1. The zero-order valence-corrected chi connectivity index (χ0v) is 18.6. The molecule has 2 unspecified atom stereocenters. The van der Waals surface area contributed by atoms with E-state index in [0.717, 1.165) is 47.5 Å².